The molecule has 0 unspecified atom stereocenters. The Labute approximate surface area is 156 Å². The van der Waals surface area contributed by atoms with Crippen molar-refractivity contribution in [1.29, 1.82) is 0 Å². The van der Waals surface area contributed by atoms with E-state index < -0.39 is 0 Å². The van der Waals surface area contributed by atoms with Gasteiger partial charge in [0.05, 0.1) is 0 Å². The van der Waals surface area contributed by atoms with Gasteiger partial charge in [0.1, 0.15) is 0 Å². The summed E-state index contributed by atoms with van der Waals surface area (Å²) < 4.78 is 0. The number of amides is 1. The Bertz CT molecular complexity index is 775. The van der Waals surface area contributed by atoms with E-state index in [1.54, 1.807) is 0 Å². The average molecular weight is 348 g/mol. The number of carbonyl (C=O) groups is 1. The van der Waals surface area contributed by atoms with Gasteiger partial charge in [-0.2, -0.15) is 0 Å². The molecule has 3 nitrogen and oxygen atoms in total. The van der Waals surface area contributed by atoms with Crippen molar-refractivity contribution in [2.45, 2.75) is 45.7 Å². The minimum Gasteiger partial charge on any atom is -0.305 e. The summed E-state index contributed by atoms with van der Waals surface area (Å²) in [5, 5.41) is 0. The van der Waals surface area contributed by atoms with Gasteiger partial charge in [-0.1, -0.05) is 37.3 Å². The monoisotopic (exact) mass is 348 g/mol. The van der Waals surface area contributed by atoms with Crippen molar-refractivity contribution < 1.29 is 4.79 Å². The van der Waals surface area contributed by atoms with Gasteiger partial charge in [-0.05, 0) is 74.5 Å². The zero-order valence-corrected chi connectivity index (χ0v) is 15.8. The third-order valence-corrected chi connectivity index (χ3v) is 5.91. The fourth-order valence-electron chi connectivity index (χ4n) is 4.25. The van der Waals surface area contributed by atoms with Crippen molar-refractivity contribution in [1.82, 2.24) is 4.90 Å². The van der Waals surface area contributed by atoms with E-state index in [0.717, 1.165) is 30.1 Å². The molecular weight excluding hydrogens is 320 g/mol. The molecule has 26 heavy (non-hydrogen) atoms. The lowest BCUT2D eigenvalue weighted by Gasteiger charge is -2.30. The highest BCUT2D eigenvalue weighted by atomic mass is 16.2. The van der Waals surface area contributed by atoms with Crippen LogP contribution in [0.15, 0.2) is 48.5 Å². The van der Waals surface area contributed by atoms with Gasteiger partial charge in [-0.3, -0.25) is 9.69 Å². The van der Waals surface area contributed by atoms with E-state index >= 15 is 0 Å². The second-order valence-corrected chi connectivity index (χ2v) is 8.01. The maximum atomic E-state index is 13.1. The summed E-state index contributed by atoms with van der Waals surface area (Å²) in [6.45, 7) is 7.83. The molecule has 0 bridgehead atoms. The number of hydrogen-bond acceptors (Lipinski definition) is 2. The third kappa shape index (κ3) is 3.41. The minimum atomic E-state index is 0.112. The molecule has 1 amide bonds. The van der Waals surface area contributed by atoms with Crippen LogP contribution in [0.1, 0.15) is 48.2 Å². The summed E-state index contributed by atoms with van der Waals surface area (Å²) in [5.74, 6) is 0.970. The van der Waals surface area contributed by atoms with E-state index in [-0.39, 0.29) is 11.9 Å². The van der Waals surface area contributed by atoms with Crippen molar-refractivity contribution in [2.75, 3.05) is 18.0 Å². The molecule has 1 fully saturated rings. The van der Waals surface area contributed by atoms with E-state index in [2.05, 4.69) is 49.1 Å². The van der Waals surface area contributed by atoms with Crippen LogP contribution in [0.2, 0.25) is 0 Å². The average Bonchev–Trinajstić information content (AvgIpc) is 2.99. The Morgan fingerprint density at radius 1 is 1.00 bits per heavy atom. The Hall–Kier alpha value is -2.13. The Morgan fingerprint density at radius 3 is 2.42 bits per heavy atom. The summed E-state index contributed by atoms with van der Waals surface area (Å²) in [7, 11) is 0. The predicted octanol–water partition coefficient (Wildman–Crippen LogP) is 4.51. The molecule has 3 heteroatoms. The maximum Gasteiger partial charge on any atom is 0.258 e. The highest BCUT2D eigenvalue weighted by Crippen LogP contribution is 2.33. The molecule has 1 saturated heterocycles. The van der Waals surface area contributed by atoms with Gasteiger partial charge in [-0.15, -0.1) is 0 Å². The van der Waals surface area contributed by atoms with Crippen molar-refractivity contribution in [3.63, 3.8) is 0 Å². The number of hydrogen-bond donors (Lipinski definition) is 0. The lowest BCUT2D eigenvalue weighted by atomic mass is 9.99. The molecule has 2 aromatic rings. The van der Waals surface area contributed by atoms with Crippen LogP contribution in [0.5, 0.6) is 0 Å². The molecule has 4 rings (SSSR count). The Morgan fingerprint density at radius 2 is 1.69 bits per heavy atom. The summed E-state index contributed by atoms with van der Waals surface area (Å²) in [4.78, 5) is 17.6. The number of rotatable bonds is 3. The molecule has 0 N–H and O–H groups in total. The highest BCUT2D eigenvalue weighted by Gasteiger charge is 2.31. The topological polar surface area (TPSA) is 23.6 Å². The SMILES string of the molecule is CC1CCN(Cc2ccc(C(=O)N3c4ccccc4C[C@H]3C)cc2)CC1. The number of carbonyl (C=O) groups excluding carboxylic acids is 1. The van der Waals surface area contributed by atoms with Gasteiger partial charge >= 0.3 is 0 Å². The molecule has 2 aliphatic heterocycles. The summed E-state index contributed by atoms with van der Waals surface area (Å²) in [6.07, 6.45) is 3.53. The molecule has 2 aromatic carbocycles. The normalized spacial score (nSPS) is 21.0. The van der Waals surface area contributed by atoms with E-state index in [0.29, 0.717) is 0 Å². The first-order valence-electron chi connectivity index (χ1n) is 9.84. The van der Waals surface area contributed by atoms with Crippen LogP contribution in [0.4, 0.5) is 5.69 Å². The molecule has 0 saturated carbocycles. The van der Waals surface area contributed by atoms with Crippen LogP contribution in [-0.4, -0.2) is 29.9 Å². The number of anilines is 1. The molecular formula is C23H28N2O. The van der Waals surface area contributed by atoms with Gasteiger partial charge in [-0.25, -0.2) is 0 Å². The molecule has 0 spiro atoms. The van der Waals surface area contributed by atoms with Gasteiger partial charge < -0.3 is 4.90 Å². The predicted molar refractivity (Wildman–Crippen MR) is 107 cm³/mol. The summed E-state index contributed by atoms with van der Waals surface area (Å²) in [5.41, 5.74) is 4.41. The molecule has 2 heterocycles. The second kappa shape index (κ2) is 7.24. The third-order valence-electron chi connectivity index (χ3n) is 5.91. The first-order valence-corrected chi connectivity index (χ1v) is 9.84. The highest BCUT2D eigenvalue weighted by molar-refractivity contribution is 6.07. The Balaban J connectivity index is 1.46. The minimum absolute atomic E-state index is 0.112. The molecule has 1 atom stereocenters. The second-order valence-electron chi connectivity index (χ2n) is 8.01. The Kier molecular flexibility index (Phi) is 4.82. The fraction of sp³-hybridized carbons (Fsp3) is 0.435. The van der Waals surface area contributed by atoms with Crippen molar-refractivity contribution in [2.24, 2.45) is 5.92 Å². The van der Waals surface area contributed by atoms with Crippen molar-refractivity contribution in [3.05, 3.63) is 65.2 Å². The number of para-hydroxylation sites is 1. The first-order chi connectivity index (χ1) is 12.6. The molecule has 0 radical (unpaired) electrons. The fourth-order valence-corrected chi connectivity index (χ4v) is 4.25. The van der Waals surface area contributed by atoms with Gasteiger partial charge in [0.25, 0.3) is 5.91 Å². The molecule has 0 aliphatic carbocycles. The van der Waals surface area contributed by atoms with Gasteiger partial charge in [0, 0.05) is 23.8 Å². The quantitative estimate of drug-likeness (QED) is 0.815. The summed E-state index contributed by atoms with van der Waals surface area (Å²) >= 11 is 0. The standard InChI is InChI=1S/C23H28N2O/c1-17-11-13-24(14-12-17)16-19-7-9-20(10-8-19)23(26)25-18(2)15-21-5-3-4-6-22(21)25/h3-10,17-18H,11-16H2,1-2H3/t18-/m1/s1. The number of likely N-dealkylation sites (tertiary alicyclic amines) is 1. The van der Waals surface area contributed by atoms with E-state index in [1.165, 1.54) is 37.1 Å². The zero-order chi connectivity index (χ0) is 18.1. The molecule has 0 aromatic heterocycles. The zero-order valence-electron chi connectivity index (χ0n) is 15.8. The van der Waals surface area contributed by atoms with Crippen molar-refractivity contribution in [3.8, 4) is 0 Å². The lowest BCUT2D eigenvalue weighted by Crippen LogP contribution is -2.35. The largest absolute Gasteiger partial charge is 0.305 e. The van der Waals surface area contributed by atoms with Crippen LogP contribution < -0.4 is 4.90 Å². The van der Waals surface area contributed by atoms with E-state index in [1.807, 2.05) is 23.1 Å². The van der Waals surface area contributed by atoms with Gasteiger partial charge in [0.15, 0.2) is 0 Å². The first kappa shape index (κ1) is 17.3. The van der Waals surface area contributed by atoms with Crippen LogP contribution >= 0.6 is 0 Å². The number of benzene rings is 2. The van der Waals surface area contributed by atoms with Crippen LogP contribution in [0.25, 0.3) is 0 Å². The van der Waals surface area contributed by atoms with Crippen LogP contribution in [-0.2, 0) is 13.0 Å². The number of nitrogens with zero attached hydrogens (tertiary/aromatic N) is 2. The van der Waals surface area contributed by atoms with Crippen molar-refractivity contribution >= 4 is 11.6 Å². The van der Waals surface area contributed by atoms with Crippen LogP contribution in [0.3, 0.4) is 0 Å². The van der Waals surface area contributed by atoms with Gasteiger partial charge in [0.2, 0.25) is 0 Å². The lowest BCUT2D eigenvalue weighted by molar-refractivity contribution is 0.0981. The summed E-state index contributed by atoms with van der Waals surface area (Å²) in [6, 6.07) is 16.7. The van der Waals surface area contributed by atoms with E-state index in [9.17, 15) is 4.79 Å². The smallest absolute Gasteiger partial charge is 0.258 e. The number of piperidine rings is 1. The number of fused-ring (bicyclic) bond motifs is 1. The van der Waals surface area contributed by atoms with E-state index in [4.69, 9.17) is 0 Å². The molecule has 136 valence electrons. The molecule has 2 aliphatic rings. The van der Waals surface area contributed by atoms with Crippen LogP contribution in [0, 0.1) is 5.92 Å². The maximum absolute atomic E-state index is 13.1.